The van der Waals surface area contributed by atoms with E-state index in [1.165, 1.54) is 70.6 Å². The van der Waals surface area contributed by atoms with Gasteiger partial charge in [-0.05, 0) is 130 Å². The molecule has 0 N–H and O–H groups in total. The van der Waals surface area contributed by atoms with Crippen LogP contribution in [0, 0.1) is 52.3 Å². The maximum atomic E-state index is 7.20. The molecule has 10 atom stereocenters. The summed E-state index contributed by atoms with van der Waals surface area (Å²) in [4.78, 5) is 0. The minimum absolute atomic E-state index is 0.362. The van der Waals surface area contributed by atoms with Gasteiger partial charge >= 0.3 is 0 Å². The van der Waals surface area contributed by atoms with Gasteiger partial charge < -0.3 is 8.85 Å². The Bertz CT molecular complexity index is 867. The highest BCUT2D eigenvalue weighted by molar-refractivity contribution is 6.76. The fraction of sp³-hybridized carbons (Fsp3) is 0.886. The largest absolute Gasteiger partial charge is 0.411 e. The molecule has 0 aromatic heterocycles. The smallest absolute Gasteiger partial charge is 0.210 e. The van der Waals surface area contributed by atoms with Crippen molar-refractivity contribution < 1.29 is 8.85 Å². The van der Waals surface area contributed by atoms with E-state index < -0.39 is 16.6 Å². The van der Waals surface area contributed by atoms with Gasteiger partial charge in [-0.1, -0.05) is 65.3 Å². The van der Waals surface area contributed by atoms with Crippen LogP contribution >= 0.6 is 0 Å². The van der Waals surface area contributed by atoms with E-state index in [1.807, 2.05) is 0 Å². The van der Waals surface area contributed by atoms with E-state index >= 15 is 0 Å². The molecule has 0 bridgehead atoms. The first-order chi connectivity index (χ1) is 18.2. The van der Waals surface area contributed by atoms with E-state index in [4.69, 9.17) is 8.85 Å². The van der Waals surface area contributed by atoms with Gasteiger partial charge in [0.25, 0.3) is 0 Å². The maximum absolute atomic E-state index is 7.20. The standard InChI is InChI=1S/C35H64O2Si2/c1-12-38(8,9)36-27-19-21-35(7)31-20-22-34(6)29(26(5)16-14-15-25(3)4)17-18-30(34)28(31)24-33(32(35)23-27)37-39(10,11)13-2/h12-13,25-33H,1-2,14-24H2,3-11H3/t26-,27+,28?,29-,30+,31+,32-,33+,34-,35-/m1/s1. The first kappa shape index (κ1) is 31.8. The van der Waals surface area contributed by atoms with Gasteiger partial charge in [0.15, 0.2) is 0 Å². The number of rotatable bonds is 11. The average molecular weight is 573 g/mol. The Hall–Kier alpha value is -0.166. The van der Waals surface area contributed by atoms with E-state index in [2.05, 4.69) is 85.4 Å². The van der Waals surface area contributed by atoms with Crippen LogP contribution in [0.2, 0.25) is 26.2 Å². The SMILES string of the molecule is C=C[Si](C)(C)O[C@H]1CC[C@@]2(C)[C@H](C1)[C@@H](O[Si](C)(C)C=C)CC1[C@@H]2CC[C@]2(C)[C@@H]([C@H](C)CCCC(C)C)CC[C@@H]12. The Kier molecular flexibility index (Phi) is 9.65. The number of hydrogen-bond donors (Lipinski definition) is 0. The molecule has 0 spiro atoms. The van der Waals surface area contributed by atoms with Crippen LogP contribution < -0.4 is 0 Å². The third-order valence-corrected chi connectivity index (χ3v) is 16.5. The van der Waals surface area contributed by atoms with Crippen molar-refractivity contribution in [3.8, 4) is 0 Å². The van der Waals surface area contributed by atoms with E-state index in [-0.39, 0.29) is 0 Å². The van der Waals surface area contributed by atoms with E-state index in [0.29, 0.717) is 29.0 Å². The van der Waals surface area contributed by atoms with E-state index in [1.54, 1.807) is 0 Å². The van der Waals surface area contributed by atoms with Crippen LogP contribution in [-0.4, -0.2) is 28.8 Å². The van der Waals surface area contributed by atoms with Gasteiger partial charge in [-0.3, -0.25) is 0 Å². The Labute approximate surface area is 245 Å². The van der Waals surface area contributed by atoms with Crippen LogP contribution in [0.5, 0.6) is 0 Å². The summed E-state index contributed by atoms with van der Waals surface area (Å²) in [5.74, 6) is 5.79. The van der Waals surface area contributed by atoms with Crippen LogP contribution in [0.4, 0.5) is 0 Å². The fourth-order valence-corrected chi connectivity index (χ4v) is 12.7. The first-order valence-corrected chi connectivity index (χ1v) is 22.8. The summed E-state index contributed by atoms with van der Waals surface area (Å²) < 4.78 is 14.0. The van der Waals surface area contributed by atoms with Crippen molar-refractivity contribution >= 4 is 16.6 Å². The molecule has 4 saturated carbocycles. The number of hydrogen-bond acceptors (Lipinski definition) is 2. The van der Waals surface area contributed by atoms with Crippen molar-refractivity contribution in [3.63, 3.8) is 0 Å². The molecule has 39 heavy (non-hydrogen) atoms. The monoisotopic (exact) mass is 572 g/mol. The highest BCUT2D eigenvalue weighted by atomic mass is 28.4. The van der Waals surface area contributed by atoms with E-state index in [9.17, 15) is 0 Å². The summed E-state index contributed by atoms with van der Waals surface area (Å²) in [6.45, 7) is 30.4. The zero-order valence-corrected chi connectivity index (χ0v) is 29.4. The van der Waals surface area contributed by atoms with Gasteiger partial charge in [0.05, 0.1) is 0 Å². The average Bonchev–Trinajstić information content (AvgIpc) is 3.21. The molecule has 0 aromatic rings. The normalized spacial score (nSPS) is 41.4. The molecule has 224 valence electrons. The molecule has 4 heteroatoms. The van der Waals surface area contributed by atoms with Gasteiger partial charge in [0, 0.05) is 12.2 Å². The van der Waals surface area contributed by atoms with Crippen LogP contribution in [0.3, 0.4) is 0 Å². The van der Waals surface area contributed by atoms with Crippen LogP contribution in [-0.2, 0) is 8.85 Å². The molecule has 4 aliphatic carbocycles. The predicted molar refractivity (Wildman–Crippen MR) is 174 cm³/mol. The lowest BCUT2D eigenvalue weighted by atomic mass is 9.43. The van der Waals surface area contributed by atoms with Crippen LogP contribution in [0.15, 0.2) is 24.6 Å². The van der Waals surface area contributed by atoms with Crippen LogP contribution in [0.1, 0.15) is 105 Å². The zero-order valence-electron chi connectivity index (χ0n) is 27.4. The molecule has 0 aliphatic heterocycles. The summed E-state index contributed by atoms with van der Waals surface area (Å²) in [6, 6.07) is 0. The molecule has 0 amide bonds. The molecule has 0 aromatic carbocycles. The highest BCUT2D eigenvalue weighted by Crippen LogP contribution is 2.69. The van der Waals surface area contributed by atoms with Crippen molar-refractivity contribution in [2.45, 2.75) is 144 Å². The Balaban J connectivity index is 1.58. The first-order valence-electron chi connectivity index (χ1n) is 16.8. The van der Waals surface area contributed by atoms with Crippen LogP contribution in [0.25, 0.3) is 0 Å². The summed E-state index contributed by atoms with van der Waals surface area (Å²) in [5.41, 5.74) is 5.18. The number of fused-ring (bicyclic) bond motifs is 5. The van der Waals surface area contributed by atoms with Gasteiger partial charge in [-0.25, -0.2) is 0 Å². The van der Waals surface area contributed by atoms with Crippen molar-refractivity contribution in [1.82, 2.24) is 0 Å². The van der Waals surface area contributed by atoms with Gasteiger partial charge in [0.2, 0.25) is 16.6 Å². The summed E-state index contributed by atoms with van der Waals surface area (Å²) >= 11 is 0. The summed E-state index contributed by atoms with van der Waals surface area (Å²) in [7, 11) is -3.70. The second-order valence-corrected chi connectivity index (χ2v) is 24.2. The molecule has 0 saturated heterocycles. The third kappa shape index (κ3) is 6.44. The lowest BCUT2D eigenvalue weighted by Gasteiger charge is -2.63. The predicted octanol–water partition coefficient (Wildman–Crippen LogP) is 10.3. The summed E-state index contributed by atoms with van der Waals surface area (Å²) in [5, 5.41) is 0. The quantitative estimate of drug-likeness (QED) is 0.229. The highest BCUT2D eigenvalue weighted by Gasteiger charge is 2.63. The summed E-state index contributed by atoms with van der Waals surface area (Å²) in [6.07, 6.45) is 15.7. The minimum atomic E-state index is -1.90. The lowest BCUT2D eigenvalue weighted by molar-refractivity contribution is -0.166. The molecule has 4 aliphatic rings. The molecule has 0 radical (unpaired) electrons. The zero-order chi connectivity index (χ0) is 28.8. The molecule has 1 unspecified atom stereocenters. The molecule has 4 fully saturated rings. The van der Waals surface area contributed by atoms with Crippen molar-refractivity contribution in [1.29, 1.82) is 0 Å². The topological polar surface area (TPSA) is 18.5 Å². The van der Waals surface area contributed by atoms with Gasteiger partial charge in [-0.2, -0.15) is 0 Å². The third-order valence-electron chi connectivity index (χ3n) is 12.7. The van der Waals surface area contributed by atoms with Crippen molar-refractivity contribution in [3.05, 3.63) is 24.6 Å². The Morgan fingerprint density at radius 1 is 0.769 bits per heavy atom. The second kappa shape index (κ2) is 11.8. The molecule has 0 heterocycles. The molecule has 4 rings (SSSR count). The second-order valence-electron chi connectivity index (χ2n) is 16.5. The lowest BCUT2D eigenvalue weighted by Crippen LogP contribution is -2.60. The minimum Gasteiger partial charge on any atom is -0.411 e. The van der Waals surface area contributed by atoms with Crippen molar-refractivity contribution in [2.24, 2.45) is 52.3 Å². The molecular formula is C35H64O2Si2. The Morgan fingerprint density at radius 2 is 1.38 bits per heavy atom. The molecular weight excluding hydrogens is 509 g/mol. The van der Waals surface area contributed by atoms with Crippen molar-refractivity contribution in [2.75, 3.05) is 0 Å². The van der Waals surface area contributed by atoms with E-state index in [0.717, 1.165) is 35.5 Å². The van der Waals surface area contributed by atoms with Gasteiger partial charge in [0.1, 0.15) is 0 Å². The Morgan fingerprint density at radius 3 is 2.03 bits per heavy atom. The molecule has 2 nitrogen and oxygen atoms in total. The fourth-order valence-electron chi connectivity index (χ4n) is 10.4. The maximum Gasteiger partial charge on any atom is 0.210 e. The van der Waals surface area contributed by atoms with Gasteiger partial charge in [-0.15, -0.1) is 13.2 Å².